The van der Waals surface area contributed by atoms with E-state index in [1.807, 2.05) is 43.3 Å². The predicted molar refractivity (Wildman–Crippen MR) is 111 cm³/mol. The number of hydrogen-bond donors (Lipinski definition) is 1. The SMILES string of the molecule is Cc1c(Cn2cnc([N+](=O)[O-])c2)cccc1SCCOC(=O)Nc1ccccc1. The van der Waals surface area contributed by atoms with Gasteiger partial charge in [-0.05, 0) is 46.2 Å². The molecule has 0 fully saturated rings. The summed E-state index contributed by atoms with van der Waals surface area (Å²) in [4.78, 5) is 26.9. The second-order valence-corrected chi connectivity index (χ2v) is 7.31. The molecule has 0 saturated heterocycles. The van der Waals surface area contributed by atoms with Crippen LogP contribution in [0.3, 0.4) is 0 Å². The van der Waals surface area contributed by atoms with Crippen LogP contribution in [0.2, 0.25) is 0 Å². The summed E-state index contributed by atoms with van der Waals surface area (Å²) in [6.07, 6.45) is 2.39. The number of thioether (sulfide) groups is 1. The number of carbonyl (C=O) groups is 1. The summed E-state index contributed by atoms with van der Waals surface area (Å²) in [7, 11) is 0. The average Bonchev–Trinajstić information content (AvgIpc) is 3.17. The molecule has 3 aromatic rings. The van der Waals surface area contributed by atoms with Gasteiger partial charge in [0, 0.05) is 16.3 Å². The molecule has 3 rings (SSSR count). The molecule has 0 spiro atoms. The summed E-state index contributed by atoms with van der Waals surface area (Å²) in [5.41, 5.74) is 2.82. The van der Waals surface area contributed by atoms with Crippen LogP contribution in [0.4, 0.5) is 16.3 Å². The van der Waals surface area contributed by atoms with Gasteiger partial charge in [-0.25, -0.2) is 4.79 Å². The molecule has 0 aliphatic carbocycles. The van der Waals surface area contributed by atoms with Crippen LogP contribution in [0.1, 0.15) is 11.1 Å². The number of nitrogens with one attached hydrogen (secondary N) is 1. The summed E-state index contributed by atoms with van der Waals surface area (Å²) in [5.74, 6) is 0.447. The lowest BCUT2D eigenvalue weighted by Crippen LogP contribution is -2.15. The van der Waals surface area contributed by atoms with Crippen molar-refractivity contribution < 1.29 is 14.5 Å². The first kappa shape index (κ1) is 20.4. The minimum atomic E-state index is -0.510. The Morgan fingerprint density at radius 3 is 2.76 bits per heavy atom. The first-order valence-corrected chi connectivity index (χ1v) is 9.88. The summed E-state index contributed by atoms with van der Waals surface area (Å²) in [5, 5.41) is 13.4. The molecule has 9 heteroatoms. The molecule has 1 heterocycles. The Morgan fingerprint density at radius 2 is 2.03 bits per heavy atom. The molecular weight excluding hydrogens is 392 g/mol. The van der Waals surface area contributed by atoms with E-state index in [0.29, 0.717) is 18.0 Å². The number of aromatic nitrogens is 2. The van der Waals surface area contributed by atoms with E-state index in [0.717, 1.165) is 16.0 Å². The third kappa shape index (κ3) is 5.82. The maximum Gasteiger partial charge on any atom is 0.411 e. The van der Waals surface area contributed by atoms with Gasteiger partial charge in [0.1, 0.15) is 12.8 Å². The van der Waals surface area contributed by atoms with Crippen molar-refractivity contribution in [1.29, 1.82) is 0 Å². The molecule has 150 valence electrons. The lowest BCUT2D eigenvalue weighted by atomic mass is 10.1. The van der Waals surface area contributed by atoms with E-state index in [-0.39, 0.29) is 12.4 Å². The number of nitro groups is 1. The fraction of sp³-hybridized carbons (Fsp3) is 0.200. The van der Waals surface area contributed by atoms with Crippen molar-refractivity contribution in [3.63, 3.8) is 0 Å². The highest BCUT2D eigenvalue weighted by Crippen LogP contribution is 2.25. The number of benzene rings is 2. The fourth-order valence-electron chi connectivity index (χ4n) is 2.67. The molecule has 8 nitrogen and oxygen atoms in total. The quantitative estimate of drug-likeness (QED) is 0.253. The van der Waals surface area contributed by atoms with Crippen molar-refractivity contribution in [3.05, 3.63) is 82.3 Å². The number of rotatable bonds is 8. The van der Waals surface area contributed by atoms with Gasteiger partial charge in [-0.3, -0.25) is 5.32 Å². The smallest absolute Gasteiger partial charge is 0.411 e. The summed E-state index contributed by atoms with van der Waals surface area (Å²) in [6.45, 7) is 2.78. The Labute approximate surface area is 172 Å². The maximum atomic E-state index is 11.8. The zero-order chi connectivity index (χ0) is 20.6. The van der Waals surface area contributed by atoms with E-state index in [2.05, 4.69) is 10.3 Å². The van der Waals surface area contributed by atoms with E-state index >= 15 is 0 Å². The van der Waals surface area contributed by atoms with Gasteiger partial charge in [0.15, 0.2) is 0 Å². The molecule has 0 atom stereocenters. The molecule has 1 N–H and O–H groups in total. The van der Waals surface area contributed by atoms with Crippen LogP contribution in [0.5, 0.6) is 0 Å². The Morgan fingerprint density at radius 1 is 1.24 bits per heavy atom. The van der Waals surface area contributed by atoms with Crippen molar-refractivity contribution in [2.24, 2.45) is 0 Å². The number of ether oxygens (including phenoxy) is 1. The van der Waals surface area contributed by atoms with E-state index in [1.54, 1.807) is 28.5 Å². The molecule has 0 aliphatic heterocycles. The van der Waals surface area contributed by atoms with Crippen LogP contribution in [0.15, 0.2) is 66.0 Å². The zero-order valence-electron chi connectivity index (χ0n) is 15.8. The first-order valence-electron chi connectivity index (χ1n) is 8.89. The minimum Gasteiger partial charge on any atom is -0.448 e. The Bertz CT molecular complexity index is 991. The molecule has 0 radical (unpaired) electrons. The van der Waals surface area contributed by atoms with E-state index in [4.69, 9.17) is 4.74 Å². The first-order chi connectivity index (χ1) is 14.0. The number of nitrogens with zero attached hydrogens (tertiary/aromatic N) is 3. The third-order valence-corrected chi connectivity index (χ3v) is 5.27. The molecule has 0 unspecified atom stereocenters. The topological polar surface area (TPSA) is 99.3 Å². The average molecular weight is 412 g/mol. The fourth-order valence-corrected chi connectivity index (χ4v) is 3.58. The van der Waals surface area contributed by atoms with Gasteiger partial charge in [-0.2, -0.15) is 0 Å². The molecule has 0 aliphatic rings. The lowest BCUT2D eigenvalue weighted by Gasteiger charge is -2.11. The lowest BCUT2D eigenvalue weighted by molar-refractivity contribution is -0.389. The van der Waals surface area contributed by atoms with Crippen molar-refractivity contribution in [2.75, 3.05) is 17.7 Å². The molecule has 1 aromatic heterocycles. The monoisotopic (exact) mass is 412 g/mol. The second-order valence-electron chi connectivity index (χ2n) is 6.18. The van der Waals surface area contributed by atoms with Crippen molar-refractivity contribution in [3.8, 4) is 0 Å². The number of imidazole rings is 1. The number of carbonyl (C=O) groups excluding carboxylic acids is 1. The van der Waals surface area contributed by atoms with E-state index in [9.17, 15) is 14.9 Å². The maximum absolute atomic E-state index is 11.8. The molecule has 1 amide bonds. The van der Waals surface area contributed by atoms with Crippen molar-refractivity contribution >= 4 is 29.4 Å². The van der Waals surface area contributed by atoms with Crippen LogP contribution in [-0.2, 0) is 11.3 Å². The number of anilines is 1. The standard InChI is InChI=1S/C20H20N4O4S/c1-15-16(12-23-13-19(21-14-23)24(26)27)6-5-9-18(15)29-11-10-28-20(25)22-17-7-3-2-4-8-17/h2-9,13-14H,10-12H2,1H3,(H,22,25). The highest BCUT2D eigenvalue weighted by molar-refractivity contribution is 7.99. The zero-order valence-corrected chi connectivity index (χ0v) is 16.6. The molecule has 0 saturated carbocycles. The van der Waals surface area contributed by atoms with E-state index in [1.165, 1.54) is 12.5 Å². The predicted octanol–water partition coefficient (Wildman–Crippen LogP) is 4.49. The largest absolute Gasteiger partial charge is 0.448 e. The summed E-state index contributed by atoms with van der Waals surface area (Å²) in [6, 6.07) is 15.1. The van der Waals surface area contributed by atoms with Crippen molar-refractivity contribution in [1.82, 2.24) is 9.55 Å². The number of amides is 1. The van der Waals surface area contributed by atoms with Gasteiger partial charge in [-0.1, -0.05) is 30.3 Å². The Kier molecular flexibility index (Phi) is 6.85. The van der Waals surface area contributed by atoms with Gasteiger partial charge in [0.25, 0.3) is 0 Å². The van der Waals surface area contributed by atoms with Crippen LogP contribution >= 0.6 is 11.8 Å². The van der Waals surface area contributed by atoms with Crippen LogP contribution < -0.4 is 5.32 Å². The highest BCUT2D eigenvalue weighted by Gasteiger charge is 2.12. The highest BCUT2D eigenvalue weighted by atomic mass is 32.2. The Hall–Kier alpha value is -3.33. The minimum absolute atomic E-state index is 0.167. The third-order valence-electron chi connectivity index (χ3n) is 4.15. The van der Waals surface area contributed by atoms with E-state index < -0.39 is 11.0 Å². The molecule has 29 heavy (non-hydrogen) atoms. The van der Waals surface area contributed by atoms with Gasteiger partial charge in [0.05, 0.1) is 6.54 Å². The van der Waals surface area contributed by atoms with Crippen molar-refractivity contribution in [2.45, 2.75) is 18.4 Å². The van der Waals surface area contributed by atoms with Crippen LogP contribution in [0, 0.1) is 17.0 Å². The van der Waals surface area contributed by atoms with Crippen LogP contribution in [0.25, 0.3) is 0 Å². The number of hydrogen-bond acceptors (Lipinski definition) is 6. The normalized spacial score (nSPS) is 10.5. The summed E-state index contributed by atoms with van der Waals surface area (Å²) >= 11 is 1.59. The van der Waals surface area contributed by atoms with Gasteiger partial charge in [-0.15, -0.1) is 11.8 Å². The van der Waals surface area contributed by atoms with Gasteiger partial charge < -0.3 is 19.4 Å². The number of para-hydroxylation sites is 1. The molecular formula is C20H20N4O4S. The van der Waals surface area contributed by atoms with Gasteiger partial charge >= 0.3 is 11.9 Å². The molecule has 2 aromatic carbocycles. The summed E-state index contributed by atoms with van der Waals surface area (Å²) < 4.78 is 6.90. The Balaban J connectivity index is 1.50. The second kappa shape index (κ2) is 9.74. The van der Waals surface area contributed by atoms with Crippen LogP contribution in [-0.4, -0.2) is 32.9 Å². The molecule has 0 bridgehead atoms. The van der Waals surface area contributed by atoms with Gasteiger partial charge in [0.2, 0.25) is 6.33 Å².